The van der Waals surface area contributed by atoms with Gasteiger partial charge in [0.15, 0.2) is 5.13 Å². The van der Waals surface area contributed by atoms with E-state index in [0.717, 1.165) is 35.6 Å². The number of hydrogen-bond donors (Lipinski definition) is 1. The average molecular weight is 437 g/mol. The second-order valence-electron chi connectivity index (χ2n) is 5.61. The molecule has 13 heteroatoms. The molecule has 1 aliphatic heterocycles. The molecule has 1 N–H and O–H groups in total. The fourth-order valence-corrected chi connectivity index (χ4v) is 5.03. The quantitative estimate of drug-likeness (QED) is 0.790. The van der Waals surface area contributed by atoms with Gasteiger partial charge in [0.2, 0.25) is 10.0 Å². The zero-order chi connectivity index (χ0) is 20.5. The number of thiazole rings is 1. The molecule has 1 aliphatic rings. The molecule has 2 heterocycles. The lowest BCUT2D eigenvalue weighted by atomic mass is 10.2. The molecule has 0 atom stereocenters. The van der Waals surface area contributed by atoms with Gasteiger partial charge < -0.3 is 9.47 Å². The topological polar surface area (TPSA) is 97.8 Å². The van der Waals surface area contributed by atoms with Crippen molar-refractivity contribution in [2.45, 2.75) is 24.2 Å². The van der Waals surface area contributed by atoms with Crippen LogP contribution < -0.4 is 10.1 Å². The van der Waals surface area contributed by atoms with Gasteiger partial charge in [-0.3, -0.25) is 5.32 Å². The Hall–Kier alpha value is -2.38. The number of fused-ring (bicyclic) bond motifs is 1. The van der Waals surface area contributed by atoms with Crippen LogP contribution in [0.25, 0.3) is 0 Å². The molecule has 0 saturated carbocycles. The van der Waals surface area contributed by atoms with E-state index in [1.54, 1.807) is 0 Å². The molecule has 0 radical (unpaired) electrons. The van der Waals surface area contributed by atoms with Crippen LogP contribution in [0.2, 0.25) is 0 Å². The van der Waals surface area contributed by atoms with E-state index in [0.29, 0.717) is 22.1 Å². The number of alkyl halides is 3. The fourth-order valence-electron chi connectivity index (χ4n) is 2.53. The molecule has 0 fully saturated rings. The standard InChI is InChI=1S/C15H14F3N3O5S2/c1-25-14(22)20-13-19-11-6-7-21(8-12(11)27-13)28(23,24)10-4-2-9(3-5-10)26-15(16,17)18/h2-5H,6-8H2,1H3,(H,19,20,22). The van der Waals surface area contributed by atoms with Gasteiger partial charge in [-0.15, -0.1) is 13.2 Å². The van der Waals surface area contributed by atoms with Crippen molar-refractivity contribution in [2.75, 3.05) is 19.0 Å². The Morgan fingerprint density at radius 2 is 1.96 bits per heavy atom. The van der Waals surface area contributed by atoms with Crippen LogP contribution in [-0.2, 0) is 27.7 Å². The van der Waals surface area contributed by atoms with Gasteiger partial charge in [-0.25, -0.2) is 18.2 Å². The highest BCUT2D eigenvalue weighted by Crippen LogP contribution is 2.32. The molecule has 0 saturated heterocycles. The van der Waals surface area contributed by atoms with Crippen LogP contribution in [0.3, 0.4) is 0 Å². The Morgan fingerprint density at radius 3 is 2.57 bits per heavy atom. The summed E-state index contributed by atoms with van der Waals surface area (Å²) >= 11 is 1.13. The largest absolute Gasteiger partial charge is 0.573 e. The van der Waals surface area contributed by atoms with E-state index in [2.05, 4.69) is 19.8 Å². The summed E-state index contributed by atoms with van der Waals surface area (Å²) in [4.78, 5) is 16.0. The molecule has 0 unspecified atom stereocenters. The van der Waals surface area contributed by atoms with Crippen molar-refractivity contribution in [3.05, 3.63) is 34.8 Å². The monoisotopic (exact) mass is 437 g/mol. The van der Waals surface area contributed by atoms with Crippen LogP contribution in [0.4, 0.5) is 23.1 Å². The number of halogens is 3. The number of nitrogens with zero attached hydrogens (tertiary/aromatic N) is 2. The highest BCUT2D eigenvalue weighted by Gasteiger charge is 2.33. The molecule has 28 heavy (non-hydrogen) atoms. The number of amides is 1. The Bertz CT molecular complexity index is 974. The van der Waals surface area contributed by atoms with Crippen molar-refractivity contribution in [1.29, 1.82) is 0 Å². The van der Waals surface area contributed by atoms with E-state index in [4.69, 9.17) is 0 Å². The summed E-state index contributed by atoms with van der Waals surface area (Å²) in [6.45, 7) is 0.191. The first kappa shape index (κ1) is 20.4. The van der Waals surface area contributed by atoms with Crippen LogP contribution >= 0.6 is 11.3 Å². The summed E-state index contributed by atoms with van der Waals surface area (Å²) in [7, 11) is -2.71. The first-order valence-corrected chi connectivity index (χ1v) is 10.0. The SMILES string of the molecule is COC(=O)Nc1nc2c(s1)CN(S(=O)(=O)c1ccc(OC(F)(F)F)cc1)CC2. The van der Waals surface area contributed by atoms with Gasteiger partial charge in [-0.2, -0.15) is 4.31 Å². The normalized spacial score (nSPS) is 15.0. The summed E-state index contributed by atoms with van der Waals surface area (Å²) in [6.07, 6.45) is -5.20. The second-order valence-corrected chi connectivity index (χ2v) is 8.63. The zero-order valence-corrected chi connectivity index (χ0v) is 15.9. The van der Waals surface area contributed by atoms with E-state index in [1.807, 2.05) is 0 Å². The third-order valence-corrected chi connectivity index (χ3v) is 6.64. The van der Waals surface area contributed by atoms with Crippen LogP contribution in [-0.4, -0.2) is 43.8 Å². The van der Waals surface area contributed by atoms with Crippen molar-refractivity contribution < 1.29 is 35.9 Å². The predicted molar refractivity (Wildman–Crippen MR) is 92.6 cm³/mol. The second kappa shape index (κ2) is 7.56. The molecule has 8 nitrogen and oxygen atoms in total. The molecule has 0 spiro atoms. The Kier molecular flexibility index (Phi) is 5.50. The van der Waals surface area contributed by atoms with Crippen molar-refractivity contribution in [1.82, 2.24) is 9.29 Å². The van der Waals surface area contributed by atoms with E-state index < -0.39 is 28.2 Å². The fraction of sp³-hybridized carbons (Fsp3) is 0.333. The van der Waals surface area contributed by atoms with Crippen molar-refractivity contribution in [2.24, 2.45) is 0 Å². The maximum Gasteiger partial charge on any atom is 0.573 e. The first-order valence-electron chi connectivity index (χ1n) is 7.78. The summed E-state index contributed by atoms with van der Waals surface area (Å²) in [6, 6.07) is 4.01. The Labute approximate surface area is 161 Å². The number of rotatable bonds is 4. The maximum atomic E-state index is 12.8. The lowest BCUT2D eigenvalue weighted by Gasteiger charge is -2.25. The van der Waals surface area contributed by atoms with E-state index in [-0.39, 0.29) is 18.0 Å². The lowest BCUT2D eigenvalue weighted by Crippen LogP contribution is -2.35. The summed E-state index contributed by atoms with van der Waals surface area (Å²) in [5, 5.41) is 2.73. The minimum Gasteiger partial charge on any atom is -0.453 e. The van der Waals surface area contributed by atoms with Crippen molar-refractivity contribution in [3.8, 4) is 5.75 Å². The van der Waals surface area contributed by atoms with Crippen molar-refractivity contribution in [3.63, 3.8) is 0 Å². The predicted octanol–water partition coefficient (Wildman–Crippen LogP) is 2.97. The zero-order valence-electron chi connectivity index (χ0n) is 14.3. The molecule has 152 valence electrons. The minimum atomic E-state index is -4.86. The average Bonchev–Trinajstić information content (AvgIpc) is 3.02. The number of benzene rings is 1. The number of sulfonamides is 1. The summed E-state index contributed by atoms with van der Waals surface area (Å²) in [5.41, 5.74) is 0.678. The molecule has 0 aliphatic carbocycles. The number of methoxy groups -OCH3 is 1. The summed E-state index contributed by atoms with van der Waals surface area (Å²) < 4.78 is 71.7. The third kappa shape index (κ3) is 4.54. The summed E-state index contributed by atoms with van der Waals surface area (Å²) in [5.74, 6) is -0.506. The highest BCUT2D eigenvalue weighted by molar-refractivity contribution is 7.89. The van der Waals surface area contributed by atoms with E-state index in [9.17, 15) is 26.4 Å². The lowest BCUT2D eigenvalue weighted by molar-refractivity contribution is -0.274. The number of nitrogens with one attached hydrogen (secondary N) is 1. The number of aromatic nitrogens is 1. The highest BCUT2D eigenvalue weighted by atomic mass is 32.2. The van der Waals surface area contributed by atoms with Gasteiger partial charge in [0.1, 0.15) is 5.75 Å². The number of anilines is 1. The molecule has 0 bridgehead atoms. The molecular weight excluding hydrogens is 423 g/mol. The molecule has 1 amide bonds. The molecule has 2 aromatic rings. The van der Waals surface area contributed by atoms with Crippen LogP contribution in [0.1, 0.15) is 10.6 Å². The van der Waals surface area contributed by atoms with Gasteiger partial charge >= 0.3 is 12.5 Å². The smallest absolute Gasteiger partial charge is 0.453 e. The van der Waals surface area contributed by atoms with Gasteiger partial charge in [0.05, 0.1) is 24.2 Å². The molecular formula is C15H14F3N3O5S2. The minimum absolute atomic E-state index is 0.0407. The number of carbonyl (C=O) groups is 1. The molecule has 1 aromatic heterocycles. The van der Waals surface area contributed by atoms with Crippen LogP contribution in [0.5, 0.6) is 5.75 Å². The van der Waals surface area contributed by atoms with E-state index >= 15 is 0 Å². The van der Waals surface area contributed by atoms with Crippen molar-refractivity contribution >= 4 is 32.6 Å². The number of carbonyl (C=O) groups excluding carboxylic acids is 1. The van der Waals surface area contributed by atoms with Gasteiger partial charge in [0.25, 0.3) is 0 Å². The van der Waals surface area contributed by atoms with Gasteiger partial charge in [-0.1, -0.05) is 11.3 Å². The van der Waals surface area contributed by atoms with E-state index in [1.165, 1.54) is 11.4 Å². The Morgan fingerprint density at radius 1 is 1.29 bits per heavy atom. The number of hydrogen-bond acceptors (Lipinski definition) is 7. The Balaban J connectivity index is 1.76. The third-order valence-electron chi connectivity index (χ3n) is 3.79. The molecule has 3 rings (SSSR count). The number of ether oxygens (including phenoxy) is 2. The van der Waals surface area contributed by atoms with Crippen LogP contribution in [0.15, 0.2) is 29.2 Å². The van der Waals surface area contributed by atoms with Gasteiger partial charge in [0, 0.05) is 17.8 Å². The maximum absolute atomic E-state index is 12.8. The van der Waals surface area contributed by atoms with Gasteiger partial charge in [-0.05, 0) is 24.3 Å². The first-order chi connectivity index (χ1) is 13.1. The van der Waals surface area contributed by atoms with Crippen LogP contribution in [0, 0.1) is 0 Å². The molecule has 1 aromatic carbocycles.